The first-order valence-corrected chi connectivity index (χ1v) is 15.3. The SMILES string of the molecule is CN1CCN(CCOc2c(O)cc(C(=O)N3CCC4(CC3)CNC(NC(=O)c3nc(Cl)c(N=NN)nc3N=NN)N4)cc2Cl)CC1. The number of nitrogens with one attached hydrogen (secondary N) is 3. The molecule has 4 heterocycles. The number of halogens is 2. The number of nitrogens with two attached hydrogens (primary N) is 2. The first-order chi connectivity index (χ1) is 22.1. The summed E-state index contributed by atoms with van der Waals surface area (Å²) in [6.07, 6.45) is 0.575. The second kappa shape index (κ2) is 14.7. The first-order valence-electron chi connectivity index (χ1n) is 14.6. The number of piperazine rings is 1. The maximum Gasteiger partial charge on any atom is 0.276 e. The molecule has 1 atom stereocenters. The minimum atomic E-state index is -0.647. The highest BCUT2D eigenvalue weighted by molar-refractivity contribution is 6.32. The Morgan fingerprint density at radius 3 is 2.46 bits per heavy atom. The number of aromatic hydroxyl groups is 1. The number of nitrogens with zero attached hydrogens (tertiary/aromatic N) is 9. The van der Waals surface area contributed by atoms with Crippen LogP contribution in [0.4, 0.5) is 11.6 Å². The van der Waals surface area contributed by atoms with Crippen molar-refractivity contribution in [3.05, 3.63) is 33.6 Å². The lowest BCUT2D eigenvalue weighted by Gasteiger charge is -2.39. The van der Waals surface area contributed by atoms with Gasteiger partial charge in [0.2, 0.25) is 11.6 Å². The summed E-state index contributed by atoms with van der Waals surface area (Å²) in [4.78, 5) is 40.7. The van der Waals surface area contributed by atoms with E-state index in [1.807, 2.05) is 0 Å². The summed E-state index contributed by atoms with van der Waals surface area (Å²) in [6.45, 7) is 6.41. The molecular formula is C26H36Cl2N14O4. The molecule has 248 valence electrons. The molecule has 2 aromatic rings. The summed E-state index contributed by atoms with van der Waals surface area (Å²) in [5.41, 5.74) is -0.338. The molecule has 8 N–H and O–H groups in total. The van der Waals surface area contributed by atoms with Crippen molar-refractivity contribution in [1.29, 1.82) is 0 Å². The van der Waals surface area contributed by atoms with E-state index in [1.54, 1.807) is 4.90 Å². The number of amides is 2. The number of carbonyl (C=O) groups excluding carboxylic acids is 2. The Morgan fingerprint density at radius 1 is 1.09 bits per heavy atom. The summed E-state index contributed by atoms with van der Waals surface area (Å²) in [5.74, 6) is 8.93. The lowest BCUT2D eigenvalue weighted by Crippen LogP contribution is -2.57. The maximum atomic E-state index is 13.4. The molecule has 0 radical (unpaired) electrons. The number of likely N-dealkylation sites (tertiary alicyclic amines) is 1. The van der Waals surface area contributed by atoms with Gasteiger partial charge in [0.1, 0.15) is 12.9 Å². The van der Waals surface area contributed by atoms with Crippen LogP contribution >= 0.6 is 23.2 Å². The molecule has 1 aromatic carbocycles. The molecule has 5 rings (SSSR count). The van der Waals surface area contributed by atoms with Crippen LogP contribution in [0, 0.1) is 0 Å². The number of aromatic nitrogens is 2. The third kappa shape index (κ3) is 7.71. The van der Waals surface area contributed by atoms with Gasteiger partial charge in [-0.1, -0.05) is 33.6 Å². The predicted octanol–water partition coefficient (Wildman–Crippen LogP) is 0.911. The highest BCUT2D eigenvalue weighted by atomic mass is 35.5. The van der Waals surface area contributed by atoms with Gasteiger partial charge in [0.15, 0.2) is 22.3 Å². The molecule has 18 nitrogen and oxygen atoms in total. The lowest BCUT2D eigenvalue weighted by molar-refractivity contribution is 0.0659. The van der Waals surface area contributed by atoms with E-state index in [9.17, 15) is 14.7 Å². The highest BCUT2D eigenvalue weighted by Crippen LogP contribution is 2.36. The number of phenols is 1. The third-order valence-corrected chi connectivity index (χ3v) is 8.77. The van der Waals surface area contributed by atoms with Gasteiger partial charge in [-0.3, -0.25) is 25.1 Å². The summed E-state index contributed by atoms with van der Waals surface area (Å²) in [6, 6.07) is 2.92. The van der Waals surface area contributed by atoms with E-state index in [1.165, 1.54) is 12.1 Å². The number of phenolic OH excluding ortho intramolecular Hbond substituents is 1. The smallest absolute Gasteiger partial charge is 0.276 e. The van der Waals surface area contributed by atoms with Crippen LogP contribution in [0.15, 0.2) is 32.8 Å². The standard InChI is InChI=1S/C26H36Cl2N14O4/c1-40-6-8-41(9-7-40)10-11-46-19-16(27)12-15(13-17(19)43)24(45)42-4-2-26(3-5-42)14-31-25(35-26)34-23(44)18-21(36-38-29)33-22(37-39-30)20(28)32-18/h12-13,25,31,35,43H,2-11,14H2,1H3,(H,34,44)(H4,29,30,33,36,37). The Labute approximate surface area is 274 Å². The van der Waals surface area contributed by atoms with Crippen LogP contribution in [0.5, 0.6) is 11.5 Å². The summed E-state index contributed by atoms with van der Waals surface area (Å²) >= 11 is 12.5. The van der Waals surface area contributed by atoms with Crippen LogP contribution in [0.25, 0.3) is 0 Å². The fourth-order valence-electron chi connectivity index (χ4n) is 5.62. The fraction of sp³-hybridized carbons (Fsp3) is 0.538. The van der Waals surface area contributed by atoms with Crippen LogP contribution < -0.4 is 32.4 Å². The zero-order valence-electron chi connectivity index (χ0n) is 25.1. The second-order valence-corrected chi connectivity index (χ2v) is 12.0. The molecule has 20 heteroatoms. The first kappa shape index (κ1) is 33.4. The number of hydrogen-bond acceptors (Lipinski definition) is 14. The van der Waals surface area contributed by atoms with E-state index < -0.39 is 12.2 Å². The lowest BCUT2D eigenvalue weighted by atomic mass is 9.88. The molecular weight excluding hydrogens is 643 g/mol. The molecule has 1 unspecified atom stereocenters. The second-order valence-electron chi connectivity index (χ2n) is 11.2. The Bertz CT molecular complexity index is 1470. The van der Waals surface area contributed by atoms with E-state index in [-0.39, 0.29) is 56.0 Å². The average Bonchev–Trinajstić information content (AvgIpc) is 3.42. The van der Waals surface area contributed by atoms with E-state index in [4.69, 9.17) is 39.6 Å². The number of benzene rings is 1. The van der Waals surface area contributed by atoms with Crippen LogP contribution in [-0.2, 0) is 0 Å². The summed E-state index contributed by atoms with van der Waals surface area (Å²) in [5, 5.41) is 33.4. The average molecular weight is 680 g/mol. The molecule has 3 fully saturated rings. The number of hydrogen-bond donors (Lipinski definition) is 6. The van der Waals surface area contributed by atoms with Crippen LogP contribution in [0.3, 0.4) is 0 Å². The van der Waals surface area contributed by atoms with Crippen molar-refractivity contribution in [3.63, 3.8) is 0 Å². The van der Waals surface area contributed by atoms with Crippen LogP contribution in [-0.4, -0.2) is 119 Å². The van der Waals surface area contributed by atoms with Crippen molar-refractivity contribution in [2.45, 2.75) is 24.7 Å². The molecule has 0 bridgehead atoms. The Kier molecular flexibility index (Phi) is 10.6. The van der Waals surface area contributed by atoms with E-state index >= 15 is 0 Å². The zero-order valence-corrected chi connectivity index (χ0v) is 26.6. The summed E-state index contributed by atoms with van der Waals surface area (Å²) in [7, 11) is 2.10. The van der Waals surface area contributed by atoms with Gasteiger partial charge in [0, 0.05) is 63.5 Å². The number of piperidine rings is 1. The molecule has 0 aliphatic carbocycles. The molecule has 3 saturated heterocycles. The van der Waals surface area contributed by atoms with E-state index in [2.05, 4.69) is 63.4 Å². The van der Waals surface area contributed by atoms with Crippen molar-refractivity contribution >= 4 is 46.7 Å². The minimum absolute atomic E-state index is 0.154. The third-order valence-electron chi connectivity index (χ3n) is 8.24. The van der Waals surface area contributed by atoms with Crippen molar-refractivity contribution in [1.82, 2.24) is 40.6 Å². The fourth-order valence-corrected chi connectivity index (χ4v) is 6.05. The van der Waals surface area contributed by atoms with Gasteiger partial charge in [0.05, 0.1) is 5.02 Å². The quantitative estimate of drug-likeness (QED) is 0.123. The molecule has 1 aromatic heterocycles. The van der Waals surface area contributed by atoms with Crippen LogP contribution in [0.1, 0.15) is 33.7 Å². The predicted molar refractivity (Wildman–Crippen MR) is 167 cm³/mol. The van der Waals surface area contributed by atoms with E-state index in [0.29, 0.717) is 45.6 Å². The van der Waals surface area contributed by atoms with Gasteiger partial charge in [0.25, 0.3) is 11.8 Å². The van der Waals surface area contributed by atoms with Gasteiger partial charge < -0.3 is 36.6 Å². The van der Waals surface area contributed by atoms with Crippen molar-refractivity contribution in [3.8, 4) is 11.5 Å². The maximum absolute atomic E-state index is 13.4. The van der Waals surface area contributed by atoms with Gasteiger partial charge in [-0.25, -0.2) is 9.97 Å². The van der Waals surface area contributed by atoms with Crippen molar-refractivity contribution in [2.24, 2.45) is 32.4 Å². The molecule has 2 amide bonds. The van der Waals surface area contributed by atoms with Gasteiger partial charge in [-0.15, -0.1) is 10.2 Å². The largest absolute Gasteiger partial charge is 0.504 e. The minimum Gasteiger partial charge on any atom is -0.504 e. The number of rotatable bonds is 9. The Hall–Kier alpha value is -3.94. The normalized spacial score (nSPS) is 20.6. The number of ether oxygens (including phenoxy) is 1. The van der Waals surface area contributed by atoms with E-state index in [0.717, 1.165) is 26.2 Å². The van der Waals surface area contributed by atoms with Crippen molar-refractivity contribution < 1.29 is 19.4 Å². The molecule has 0 saturated carbocycles. The molecule has 3 aliphatic rings. The van der Waals surface area contributed by atoms with Gasteiger partial charge >= 0.3 is 0 Å². The summed E-state index contributed by atoms with van der Waals surface area (Å²) < 4.78 is 5.80. The zero-order chi connectivity index (χ0) is 32.8. The molecule has 1 spiro atoms. The van der Waals surface area contributed by atoms with Crippen LogP contribution in [0.2, 0.25) is 10.2 Å². The number of likely N-dealkylation sites (N-methyl/N-ethyl adjacent to an activating group) is 1. The van der Waals surface area contributed by atoms with Crippen molar-refractivity contribution in [2.75, 3.05) is 66.0 Å². The Morgan fingerprint density at radius 2 is 1.78 bits per heavy atom. The van der Waals surface area contributed by atoms with Gasteiger partial charge in [-0.05, 0) is 32.0 Å². The topological polar surface area (TPSA) is 237 Å². The monoisotopic (exact) mass is 678 g/mol. The highest BCUT2D eigenvalue weighted by Gasteiger charge is 2.42. The molecule has 3 aliphatic heterocycles. The number of carbonyl (C=O) groups is 2. The van der Waals surface area contributed by atoms with Gasteiger partial charge in [-0.2, -0.15) is 0 Å². The molecule has 46 heavy (non-hydrogen) atoms. The Balaban J connectivity index is 1.14.